The summed E-state index contributed by atoms with van der Waals surface area (Å²) in [4.78, 5) is 12.1. The Labute approximate surface area is 121 Å². The van der Waals surface area contributed by atoms with Gasteiger partial charge in [-0.25, -0.2) is 4.39 Å². The summed E-state index contributed by atoms with van der Waals surface area (Å²) >= 11 is 6.06. The lowest BCUT2D eigenvalue weighted by Crippen LogP contribution is -2.27. The average Bonchev–Trinajstić information content (AvgIpc) is 2.41. The molecular formula is C15H14ClFN2O. The van der Waals surface area contributed by atoms with Crippen LogP contribution in [0.25, 0.3) is 0 Å². The number of benzene rings is 2. The molecule has 0 fully saturated rings. The van der Waals surface area contributed by atoms with Crippen molar-refractivity contribution in [3.8, 4) is 0 Å². The Bertz CT molecular complexity index is 646. The minimum absolute atomic E-state index is 0.0797. The molecule has 0 spiro atoms. The Kier molecular flexibility index (Phi) is 4.25. The molecule has 0 saturated heterocycles. The third-order valence-corrected chi connectivity index (χ3v) is 3.30. The smallest absolute Gasteiger partial charge is 0.254 e. The predicted molar refractivity (Wildman–Crippen MR) is 78.1 cm³/mol. The third-order valence-electron chi connectivity index (χ3n) is 2.95. The van der Waals surface area contributed by atoms with E-state index in [1.54, 1.807) is 19.1 Å². The van der Waals surface area contributed by atoms with Gasteiger partial charge in [0, 0.05) is 10.7 Å². The molecule has 1 atom stereocenters. The van der Waals surface area contributed by atoms with Crippen LogP contribution in [0, 0.1) is 5.82 Å². The Morgan fingerprint density at radius 1 is 1.30 bits per heavy atom. The molecule has 0 aromatic heterocycles. The Morgan fingerprint density at radius 2 is 2.00 bits per heavy atom. The number of nitrogens with two attached hydrogens (primary N) is 1. The van der Waals surface area contributed by atoms with Crippen molar-refractivity contribution in [3.05, 3.63) is 64.4 Å². The van der Waals surface area contributed by atoms with Gasteiger partial charge in [-0.1, -0.05) is 29.8 Å². The molecule has 3 N–H and O–H groups in total. The van der Waals surface area contributed by atoms with E-state index in [2.05, 4.69) is 5.32 Å². The summed E-state index contributed by atoms with van der Waals surface area (Å²) in [5.41, 5.74) is 6.59. The minimum Gasteiger partial charge on any atom is -0.399 e. The van der Waals surface area contributed by atoms with Gasteiger partial charge >= 0.3 is 0 Å². The molecule has 2 aromatic rings. The van der Waals surface area contributed by atoms with E-state index in [4.69, 9.17) is 17.3 Å². The second-order valence-corrected chi connectivity index (χ2v) is 4.86. The maximum absolute atomic E-state index is 13.6. The molecule has 2 rings (SSSR count). The van der Waals surface area contributed by atoms with E-state index in [0.717, 1.165) is 5.56 Å². The van der Waals surface area contributed by atoms with E-state index in [1.165, 1.54) is 18.2 Å². The van der Waals surface area contributed by atoms with Crippen LogP contribution in [0.1, 0.15) is 28.9 Å². The fourth-order valence-electron chi connectivity index (χ4n) is 1.90. The predicted octanol–water partition coefficient (Wildman–Crippen LogP) is 3.55. The molecule has 0 bridgehead atoms. The highest BCUT2D eigenvalue weighted by atomic mass is 35.5. The number of nitrogen functional groups attached to an aromatic ring is 1. The van der Waals surface area contributed by atoms with Gasteiger partial charge in [0.2, 0.25) is 0 Å². The van der Waals surface area contributed by atoms with Crippen LogP contribution < -0.4 is 11.1 Å². The van der Waals surface area contributed by atoms with Crippen LogP contribution in [0.15, 0.2) is 42.5 Å². The molecule has 3 nitrogen and oxygen atoms in total. The monoisotopic (exact) mass is 292 g/mol. The zero-order valence-electron chi connectivity index (χ0n) is 10.9. The van der Waals surface area contributed by atoms with Crippen LogP contribution in [0.3, 0.4) is 0 Å². The molecule has 2 aromatic carbocycles. The van der Waals surface area contributed by atoms with Gasteiger partial charge in [0.05, 0.1) is 11.6 Å². The quantitative estimate of drug-likeness (QED) is 0.850. The van der Waals surface area contributed by atoms with E-state index < -0.39 is 11.7 Å². The first-order valence-electron chi connectivity index (χ1n) is 6.09. The first-order valence-corrected chi connectivity index (χ1v) is 6.47. The molecule has 1 unspecified atom stereocenters. The van der Waals surface area contributed by atoms with Crippen LogP contribution in [0.2, 0.25) is 5.02 Å². The van der Waals surface area contributed by atoms with Crippen molar-refractivity contribution in [2.24, 2.45) is 0 Å². The summed E-state index contributed by atoms with van der Waals surface area (Å²) in [6, 6.07) is 10.7. The molecule has 0 heterocycles. The molecule has 5 heteroatoms. The minimum atomic E-state index is -0.608. The number of amides is 1. The molecular weight excluding hydrogens is 279 g/mol. The fraction of sp³-hybridized carbons (Fsp3) is 0.133. The molecule has 0 aliphatic heterocycles. The largest absolute Gasteiger partial charge is 0.399 e. The summed E-state index contributed by atoms with van der Waals surface area (Å²) < 4.78 is 13.6. The lowest BCUT2D eigenvalue weighted by atomic mass is 10.1. The van der Waals surface area contributed by atoms with Crippen molar-refractivity contribution in [1.82, 2.24) is 5.32 Å². The van der Waals surface area contributed by atoms with Crippen molar-refractivity contribution >= 4 is 23.2 Å². The number of carbonyl (C=O) groups is 1. The highest BCUT2D eigenvalue weighted by molar-refractivity contribution is 6.31. The summed E-state index contributed by atoms with van der Waals surface area (Å²) in [7, 11) is 0. The summed E-state index contributed by atoms with van der Waals surface area (Å²) in [5.74, 6) is -1.13. The summed E-state index contributed by atoms with van der Waals surface area (Å²) in [5, 5.41) is 3.25. The third kappa shape index (κ3) is 3.08. The number of rotatable bonds is 3. The van der Waals surface area contributed by atoms with Gasteiger partial charge in [-0.05, 0) is 36.8 Å². The summed E-state index contributed by atoms with van der Waals surface area (Å²) in [6.45, 7) is 1.78. The van der Waals surface area contributed by atoms with Crippen molar-refractivity contribution < 1.29 is 9.18 Å². The zero-order valence-corrected chi connectivity index (χ0v) is 11.6. The second kappa shape index (κ2) is 5.92. The van der Waals surface area contributed by atoms with Crippen LogP contribution in [0.5, 0.6) is 0 Å². The number of anilines is 1. The first-order chi connectivity index (χ1) is 9.49. The van der Waals surface area contributed by atoms with Crippen molar-refractivity contribution in [2.45, 2.75) is 13.0 Å². The number of nitrogens with one attached hydrogen (secondary N) is 1. The van der Waals surface area contributed by atoms with E-state index >= 15 is 0 Å². The van der Waals surface area contributed by atoms with E-state index in [1.807, 2.05) is 12.1 Å². The first kappa shape index (κ1) is 14.3. The molecule has 1 amide bonds. The average molecular weight is 293 g/mol. The van der Waals surface area contributed by atoms with Crippen LogP contribution >= 0.6 is 11.6 Å². The fourth-order valence-corrected chi connectivity index (χ4v) is 2.19. The lowest BCUT2D eigenvalue weighted by Gasteiger charge is -2.16. The molecule has 20 heavy (non-hydrogen) atoms. The van der Waals surface area contributed by atoms with Crippen LogP contribution in [-0.2, 0) is 0 Å². The molecule has 0 saturated carbocycles. The SMILES string of the molecule is CC(NC(=O)c1cc(N)ccc1F)c1ccccc1Cl. The van der Waals surface area contributed by atoms with E-state index in [9.17, 15) is 9.18 Å². The normalized spacial score (nSPS) is 11.9. The van der Waals surface area contributed by atoms with Crippen molar-refractivity contribution in [1.29, 1.82) is 0 Å². The maximum Gasteiger partial charge on any atom is 0.254 e. The van der Waals surface area contributed by atoms with Gasteiger partial charge < -0.3 is 11.1 Å². The van der Waals surface area contributed by atoms with Gasteiger partial charge in [0.25, 0.3) is 5.91 Å². The summed E-state index contributed by atoms with van der Waals surface area (Å²) in [6.07, 6.45) is 0. The Balaban J connectivity index is 2.20. The molecule has 104 valence electrons. The Hall–Kier alpha value is -2.07. The number of hydrogen-bond acceptors (Lipinski definition) is 2. The highest BCUT2D eigenvalue weighted by Gasteiger charge is 2.16. The Morgan fingerprint density at radius 3 is 2.70 bits per heavy atom. The van der Waals surface area contributed by atoms with Crippen LogP contribution in [-0.4, -0.2) is 5.91 Å². The number of hydrogen-bond donors (Lipinski definition) is 2. The van der Waals surface area contributed by atoms with Crippen molar-refractivity contribution in [3.63, 3.8) is 0 Å². The number of carbonyl (C=O) groups excluding carboxylic acids is 1. The van der Waals surface area contributed by atoms with E-state index in [0.29, 0.717) is 10.7 Å². The van der Waals surface area contributed by atoms with Crippen molar-refractivity contribution in [2.75, 3.05) is 5.73 Å². The topological polar surface area (TPSA) is 55.1 Å². The van der Waals surface area contributed by atoms with Crippen LogP contribution in [0.4, 0.5) is 10.1 Å². The van der Waals surface area contributed by atoms with E-state index in [-0.39, 0.29) is 11.6 Å². The number of halogens is 2. The molecule has 0 radical (unpaired) electrons. The van der Waals surface area contributed by atoms with Gasteiger partial charge in [-0.2, -0.15) is 0 Å². The maximum atomic E-state index is 13.6. The van der Waals surface area contributed by atoms with Gasteiger partial charge in [-0.15, -0.1) is 0 Å². The van der Waals surface area contributed by atoms with Gasteiger partial charge in [0.15, 0.2) is 0 Å². The standard InChI is InChI=1S/C15H14ClFN2O/c1-9(11-4-2-3-5-13(11)16)19-15(20)12-8-10(18)6-7-14(12)17/h2-9H,18H2,1H3,(H,19,20). The molecule has 0 aliphatic rings. The zero-order chi connectivity index (χ0) is 14.7. The van der Waals surface area contributed by atoms with Gasteiger partial charge in [-0.3, -0.25) is 4.79 Å². The van der Waals surface area contributed by atoms with Gasteiger partial charge in [0.1, 0.15) is 5.82 Å². The molecule has 0 aliphatic carbocycles. The second-order valence-electron chi connectivity index (χ2n) is 4.46. The lowest BCUT2D eigenvalue weighted by molar-refractivity contribution is 0.0936. The highest BCUT2D eigenvalue weighted by Crippen LogP contribution is 2.23.